The second-order valence-electron chi connectivity index (χ2n) is 8.06. The number of benzene rings is 3. The number of aromatic nitrogens is 5. The third-order valence-corrected chi connectivity index (χ3v) is 6.58. The molecule has 5 rings (SSSR count). The second-order valence-corrected chi connectivity index (χ2v) is 9.37. The molecule has 0 N–H and O–H groups in total. The Balaban J connectivity index is 1.46. The predicted octanol–water partition coefficient (Wildman–Crippen LogP) is 6.28. The van der Waals surface area contributed by atoms with E-state index >= 15 is 0 Å². The highest BCUT2D eigenvalue weighted by atomic mass is 32.2. The Morgan fingerprint density at radius 2 is 1.71 bits per heavy atom. The fraction of sp³-hybridized carbons (Fsp3) is 0.154. The van der Waals surface area contributed by atoms with Crippen molar-refractivity contribution in [2.45, 2.75) is 24.3 Å². The standard InChI is InChI=1S/C26H21FN6O4S/c1-3-36-20-14-10-17(11-15-20)23-28-31-26(32(23)22-7-5-4-6-21(22)27)38-16(2)24-29-30-25(37-24)18-8-12-19(13-9-18)33(34)35/h4-16H,3H2,1-2H3. The van der Waals surface area contributed by atoms with Crippen molar-refractivity contribution in [1.29, 1.82) is 0 Å². The Labute approximate surface area is 220 Å². The van der Waals surface area contributed by atoms with E-state index in [1.54, 1.807) is 34.9 Å². The summed E-state index contributed by atoms with van der Waals surface area (Å²) >= 11 is 1.28. The maximum absolute atomic E-state index is 14.9. The number of hydrogen-bond acceptors (Lipinski definition) is 9. The van der Waals surface area contributed by atoms with Crippen molar-refractivity contribution in [2.24, 2.45) is 0 Å². The molecule has 0 spiro atoms. The SMILES string of the molecule is CCOc1ccc(-c2nnc(SC(C)c3nnc(-c4ccc([N+](=O)[O-])cc4)o3)n2-c2ccccc2F)cc1. The highest BCUT2D eigenvalue weighted by Crippen LogP contribution is 2.38. The van der Waals surface area contributed by atoms with Gasteiger partial charge in [-0.3, -0.25) is 14.7 Å². The molecule has 3 aromatic carbocycles. The number of non-ortho nitro benzene ring substituents is 1. The van der Waals surface area contributed by atoms with E-state index in [0.717, 1.165) is 11.3 Å². The van der Waals surface area contributed by atoms with E-state index in [9.17, 15) is 14.5 Å². The molecular formula is C26H21FN6O4S. The van der Waals surface area contributed by atoms with E-state index in [-0.39, 0.29) is 16.8 Å². The number of ether oxygens (including phenoxy) is 1. The fourth-order valence-electron chi connectivity index (χ4n) is 3.70. The summed E-state index contributed by atoms with van der Waals surface area (Å²) in [5, 5.41) is 27.9. The van der Waals surface area contributed by atoms with Crippen molar-refractivity contribution in [3.8, 4) is 34.3 Å². The summed E-state index contributed by atoms with van der Waals surface area (Å²) in [5.41, 5.74) is 1.56. The van der Waals surface area contributed by atoms with Gasteiger partial charge in [0, 0.05) is 23.3 Å². The quantitative estimate of drug-likeness (QED) is 0.122. The smallest absolute Gasteiger partial charge is 0.269 e. The molecule has 0 radical (unpaired) electrons. The van der Waals surface area contributed by atoms with E-state index in [1.165, 1.54) is 30.0 Å². The number of hydrogen-bond donors (Lipinski definition) is 0. The highest BCUT2D eigenvalue weighted by molar-refractivity contribution is 7.99. The third kappa shape index (κ3) is 5.11. The molecule has 5 aromatic rings. The molecule has 1 unspecified atom stereocenters. The summed E-state index contributed by atoms with van der Waals surface area (Å²) < 4.78 is 28.0. The molecule has 0 amide bonds. The second kappa shape index (κ2) is 10.8. The molecular weight excluding hydrogens is 511 g/mol. The van der Waals surface area contributed by atoms with Gasteiger partial charge in [0.1, 0.15) is 11.6 Å². The summed E-state index contributed by atoms with van der Waals surface area (Å²) in [6.45, 7) is 4.31. The predicted molar refractivity (Wildman–Crippen MR) is 139 cm³/mol. The van der Waals surface area contributed by atoms with Gasteiger partial charge in [-0.25, -0.2) is 4.39 Å². The molecule has 0 bridgehead atoms. The highest BCUT2D eigenvalue weighted by Gasteiger charge is 2.24. The summed E-state index contributed by atoms with van der Waals surface area (Å²) in [4.78, 5) is 10.4. The van der Waals surface area contributed by atoms with E-state index in [1.807, 2.05) is 38.1 Å². The van der Waals surface area contributed by atoms with Gasteiger partial charge in [0.2, 0.25) is 11.8 Å². The van der Waals surface area contributed by atoms with Gasteiger partial charge in [0.25, 0.3) is 5.69 Å². The van der Waals surface area contributed by atoms with Crippen molar-refractivity contribution in [3.63, 3.8) is 0 Å². The van der Waals surface area contributed by atoms with Crippen LogP contribution in [0.1, 0.15) is 25.0 Å². The monoisotopic (exact) mass is 532 g/mol. The number of rotatable bonds is 9. The zero-order valence-electron chi connectivity index (χ0n) is 20.3. The Hall–Kier alpha value is -4.58. The van der Waals surface area contributed by atoms with Crippen molar-refractivity contribution in [1.82, 2.24) is 25.0 Å². The van der Waals surface area contributed by atoms with E-state index in [0.29, 0.717) is 34.7 Å². The number of nitro benzene ring substituents is 1. The lowest BCUT2D eigenvalue weighted by molar-refractivity contribution is -0.384. The molecule has 0 aliphatic heterocycles. The molecule has 2 aromatic heterocycles. The largest absolute Gasteiger partial charge is 0.494 e. The maximum atomic E-state index is 14.9. The van der Waals surface area contributed by atoms with Crippen LogP contribution in [0.2, 0.25) is 0 Å². The summed E-state index contributed by atoms with van der Waals surface area (Å²) in [7, 11) is 0. The Morgan fingerprint density at radius 3 is 2.39 bits per heavy atom. The molecule has 1 atom stereocenters. The van der Waals surface area contributed by atoms with Gasteiger partial charge in [-0.1, -0.05) is 23.9 Å². The molecule has 0 aliphatic rings. The first-order chi connectivity index (χ1) is 18.4. The minimum atomic E-state index is -0.477. The average molecular weight is 533 g/mol. The van der Waals surface area contributed by atoms with Crippen molar-refractivity contribution >= 4 is 17.4 Å². The van der Waals surface area contributed by atoms with Gasteiger partial charge >= 0.3 is 0 Å². The third-order valence-electron chi connectivity index (χ3n) is 5.55. The normalized spacial score (nSPS) is 11.9. The molecule has 10 nitrogen and oxygen atoms in total. The van der Waals surface area contributed by atoms with Gasteiger partial charge in [-0.2, -0.15) is 0 Å². The summed E-state index contributed by atoms with van der Waals surface area (Å²) in [5.74, 6) is 1.30. The Kier molecular flexibility index (Phi) is 7.13. The summed E-state index contributed by atoms with van der Waals surface area (Å²) in [6, 6.07) is 19.6. The van der Waals surface area contributed by atoms with Crippen LogP contribution in [0.15, 0.2) is 82.4 Å². The first-order valence-corrected chi connectivity index (χ1v) is 12.5. The van der Waals surface area contributed by atoms with Gasteiger partial charge in [0.05, 0.1) is 22.5 Å². The number of nitrogens with zero attached hydrogens (tertiary/aromatic N) is 6. The Morgan fingerprint density at radius 1 is 1.00 bits per heavy atom. The zero-order chi connectivity index (χ0) is 26.6. The van der Waals surface area contributed by atoms with Crippen LogP contribution < -0.4 is 4.74 Å². The minimum absolute atomic E-state index is 0.0340. The summed E-state index contributed by atoms with van der Waals surface area (Å²) in [6.07, 6.45) is 0. The minimum Gasteiger partial charge on any atom is -0.494 e. The lowest BCUT2D eigenvalue weighted by Crippen LogP contribution is -2.03. The van der Waals surface area contributed by atoms with Crippen LogP contribution in [0.3, 0.4) is 0 Å². The van der Waals surface area contributed by atoms with E-state index in [4.69, 9.17) is 9.15 Å². The lowest BCUT2D eigenvalue weighted by Gasteiger charge is -2.13. The molecule has 0 aliphatic carbocycles. The van der Waals surface area contributed by atoms with Gasteiger partial charge in [-0.15, -0.1) is 20.4 Å². The van der Waals surface area contributed by atoms with Gasteiger partial charge in [0.15, 0.2) is 11.0 Å². The molecule has 0 saturated heterocycles. The first-order valence-electron chi connectivity index (χ1n) is 11.6. The van der Waals surface area contributed by atoms with Crippen LogP contribution in [-0.2, 0) is 0 Å². The van der Waals surface area contributed by atoms with Crippen molar-refractivity contribution in [2.75, 3.05) is 6.61 Å². The van der Waals surface area contributed by atoms with Crippen LogP contribution in [0.5, 0.6) is 5.75 Å². The number of nitro groups is 1. The number of halogens is 1. The molecule has 0 saturated carbocycles. The number of thioether (sulfide) groups is 1. The van der Waals surface area contributed by atoms with Crippen LogP contribution in [0, 0.1) is 15.9 Å². The molecule has 38 heavy (non-hydrogen) atoms. The van der Waals surface area contributed by atoms with Gasteiger partial charge in [-0.05, 0) is 62.4 Å². The maximum Gasteiger partial charge on any atom is 0.269 e. The first kappa shape index (κ1) is 25.1. The number of para-hydroxylation sites is 1. The molecule has 192 valence electrons. The van der Waals surface area contributed by atoms with E-state index in [2.05, 4.69) is 20.4 Å². The van der Waals surface area contributed by atoms with Crippen molar-refractivity contribution in [3.05, 3.63) is 94.6 Å². The topological polar surface area (TPSA) is 122 Å². The van der Waals surface area contributed by atoms with Crippen LogP contribution in [-0.4, -0.2) is 36.5 Å². The average Bonchev–Trinajstić information content (AvgIpc) is 3.58. The van der Waals surface area contributed by atoms with E-state index < -0.39 is 10.7 Å². The van der Waals surface area contributed by atoms with Gasteiger partial charge < -0.3 is 9.15 Å². The lowest BCUT2D eigenvalue weighted by atomic mass is 10.2. The van der Waals surface area contributed by atoms with Crippen molar-refractivity contribution < 1.29 is 18.5 Å². The van der Waals surface area contributed by atoms with Crippen LogP contribution in [0.4, 0.5) is 10.1 Å². The zero-order valence-corrected chi connectivity index (χ0v) is 21.1. The Bertz CT molecular complexity index is 1570. The fourth-order valence-corrected chi connectivity index (χ4v) is 4.59. The van der Waals surface area contributed by atoms with Crippen LogP contribution >= 0.6 is 11.8 Å². The molecule has 12 heteroatoms. The molecule has 0 fully saturated rings. The molecule has 2 heterocycles. The van der Waals surface area contributed by atoms with Crippen LogP contribution in [0.25, 0.3) is 28.5 Å².